The molecule has 5 N–H and O–H groups in total. The highest BCUT2D eigenvalue weighted by Crippen LogP contribution is 2.27. The number of amides is 2. The average Bonchev–Trinajstić information content (AvgIpc) is 2.76. The predicted octanol–water partition coefficient (Wildman–Crippen LogP) is 0.132. The van der Waals surface area contributed by atoms with Gasteiger partial charge in [0.05, 0.1) is 14.2 Å². The second-order valence-corrected chi connectivity index (χ2v) is 8.12. The number of ether oxygens (including phenoxy) is 2. The van der Waals surface area contributed by atoms with E-state index in [-0.39, 0.29) is 17.8 Å². The first-order chi connectivity index (χ1) is 15.1. The van der Waals surface area contributed by atoms with Gasteiger partial charge in [0.25, 0.3) is 5.56 Å². The molecule has 32 heavy (non-hydrogen) atoms. The maximum Gasteiger partial charge on any atom is 0.312 e. The summed E-state index contributed by atoms with van der Waals surface area (Å²) in [6, 6.07) is 10.6. The van der Waals surface area contributed by atoms with Gasteiger partial charge in [-0.3, -0.25) is 14.1 Å². The molecular formula is C20H25N3O8S. The minimum absolute atomic E-state index is 0.00136. The SMILES string of the molecule is COc1ccc(CCNC(=O)CN(c2cccc(C(N)=O)c2)C(O)S(=O)(=O)O)cc1OC. The number of aliphatic hydroxyl groups excluding tert-OH is 1. The summed E-state index contributed by atoms with van der Waals surface area (Å²) in [7, 11) is -1.92. The number of nitrogens with zero attached hydrogens (tertiary/aromatic N) is 1. The standard InChI is InChI=1S/C20H25N3O8S/c1-30-16-7-6-13(10-17(16)31-2)8-9-22-18(24)12-23(20(26)32(27,28)29)15-5-3-4-14(11-15)19(21)25/h3-7,10-11,20,26H,8-9,12H2,1-2H3,(H2,21,25)(H,22,24)(H,27,28,29). The van der Waals surface area contributed by atoms with Gasteiger partial charge < -0.3 is 30.5 Å². The molecule has 0 heterocycles. The number of anilines is 1. The smallest absolute Gasteiger partial charge is 0.312 e. The Balaban J connectivity index is 2.10. The Morgan fingerprint density at radius 1 is 1.12 bits per heavy atom. The molecule has 0 aliphatic carbocycles. The molecule has 0 bridgehead atoms. The lowest BCUT2D eigenvalue weighted by molar-refractivity contribution is -0.119. The average molecular weight is 468 g/mol. The summed E-state index contributed by atoms with van der Waals surface area (Å²) in [4.78, 5) is 24.5. The molecule has 0 radical (unpaired) electrons. The number of rotatable bonds is 11. The van der Waals surface area contributed by atoms with Crippen molar-refractivity contribution in [1.29, 1.82) is 0 Å². The van der Waals surface area contributed by atoms with Gasteiger partial charge in [0.1, 0.15) is 6.54 Å². The van der Waals surface area contributed by atoms with Gasteiger partial charge >= 0.3 is 10.1 Å². The normalized spacial score (nSPS) is 12.0. The van der Waals surface area contributed by atoms with Crippen LogP contribution in [0.25, 0.3) is 0 Å². The zero-order valence-electron chi connectivity index (χ0n) is 17.5. The third kappa shape index (κ3) is 6.57. The van der Waals surface area contributed by atoms with E-state index in [0.29, 0.717) is 17.9 Å². The van der Waals surface area contributed by atoms with Crippen LogP contribution in [-0.4, -0.2) is 62.8 Å². The molecule has 0 aliphatic rings. The second kappa shape index (κ2) is 10.8. The van der Waals surface area contributed by atoms with Crippen molar-refractivity contribution >= 4 is 27.6 Å². The number of hydrogen-bond donors (Lipinski definition) is 4. The molecule has 0 aromatic heterocycles. The zero-order chi connectivity index (χ0) is 23.9. The van der Waals surface area contributed by atoms with Crippen LogP contribution in [0.1, 0.15) is 15.9 Å². The Hall–Kier alpha value is -3.35. The first-order valence-corrected chi connectivity index (χ1v) is 10.9. The molecule has 2 aromatic rings. The highest BCUT2D eigenvalue weighted by atomic mass is 32.2. The topological polar surface area (TPSA) is 168 Å². The largest absolute Gasteiger partial charge is 0.493 e. The van der Waals surface area contributed by atoms with E-state index in [1.165, 1.54) is 38.5 Å². The van der Waals surface area contributed by atoms with E-state index in [9.17, 15) is 27.7 Å². The van der Waals surface area contributed by atoms with E-state index in [1.54, 1.807) is 18.2 Å². The minimum atomic E-state index is -4.95. The fourth-order valence-electron chi connectivity index (χ4n) is 2.89. The third-order valence-electron chi connectivity index (χ3n) is 4.49. The summed E-state index contributed by atoms with van der Waals surface area (Å²) in [5.74, 6) is -0.313. The van der Waals surface area contributed by atoms with Gasteiger partial charge in [-0.2, -0.15) is 8.42 Å². The van der Waals surface area contributed by atoms with E-state index >= 15 is 0 Å². The van der Waals surface area contributed by atoms with Gasteiger partial charge in [-0.15, -0.1) is 0 Å². The molecule has 0 saturated carbocycles. The van der Waals surface area contributed by atoms with Crippen LogP contribution in [0, 0.1) is 0 Å². The highest BCUT2D eigenvalue weighted by Gasteiger charge is 2.30. The second-order valence-electron chi connectivity index (χ2n) is 6.67. The third-order valence-corrected chi connectivity index (χ3v) is 5.28. The van der Waals surface area contributed by atoms with Gasteiger partial charge in [-0.1, -0.05) is 12.1 Å². The molecular weight excluding hydrogens is 442 g/mol. The van der Waals surface area contributed by atoms with E-state index < -0.39 is 34.0 Å². The Morgan fingerprint density at radius 2 is 1.81 bits per heavy atom. The Labute approximate surface area is 185 Å². The fourth-order valence-corrected chi connectivity index (χ4v) is 3.41. The first-order valence-electron chi connectivity index (χ1n) is 9.35. The van der Waals surface area contributed by atoms with Crippen molar-refractivity contribution in [1.82, 2.24) is 5.32 Å². The van der Waals surface area contributed by atoms with E-state index in [1.807, 2.05) is 0 Å². The van der Waals surface area contributed by atoms with Crippen molar-refractivity contribution < 1.29 is 37.1 Å². The summed E-state index contributed by atoms with van der Waals surface area (Å²) in [6.45, 7) is -0.416. The Bertz CT molecular complexity index is 1070. The summed E-state index contributed by atoms with van der Waals surface area (Å²) in [6.07, 6.45) is 0.435. The predicted molar refractivity (Wildman–Crippen MR) is 116 cm³/mol. The summed E-state index contributed by atoms with van der Waals surface area (Å²) in [5.41, 5.74) is 3.68. The monoisotopic (exact) mass is 467 g/mol. The first kappa shape index (κ1) is 24.9. The van der Waals surface area contributed by atoms with Crippen molar-refractivity contribution in [3.63, 3.8) is 0 Å². The van der Waals surface area contributed by atoms with Crippen LogP contribution in [0.3, 0.4) is 0 Å². The zero-order valence-corrected chi connectivity index (χ0v) is 18.3. The lowest BCUT2D eigenvalue weighted by Crippen LogP contribution is -2.47. The van der Waals surface area contributed by atoms with Crippen LogP contribution in [0.5, 0.6) is 11.5 Å². The number of carbonyl (C=O) groups excluding carboxylic acids is 2. The number of aliphatic hydroxyl groups is 1. The number of carbonyl (C=O) groups is 2. The molecule has 1 atom stereocenters. The van der Waals surface area contributed by atoms with Crippen LogP contribution >= 0.6 is 0 Å². The molecule has 1 unspecified atom stereocenters. The number of primary amides is 1. The van der Waals surface area contributed by atoms with Gasteiger partial charge in [0.15, 0.2) is 11.5 Å². The summed E-state index contributed by atoms with van der Waals surface area (Å²) in [5, 5.41) is 12.7. The molecule has 0 spiro atoms. The molecule has 2 amide bonds. The molecule has 12 heteroatoms. The van der Waals surface area contributed by atoms with Gasteiger partial charge in [0, 0.05) is 17.8 Å². The van der Waals surface area contributed by atoms with E-state index in [4.69, 9.17) is 15.2 Å². The number of nitrogens with two attached hydrogens (primary N) is 1. The number of nitrogens with one attached hydrogen (secondary N) is 1. The van der Waals surface area contributed by atoms with Crippen molar-refractivity contribution in [3.8, 4) is 11.5 Å². The lowest BCUT2D eigenvalue weighted by Gasteiger charge is -2.27. The molecule has 2 aromatic carbocycles. The van der Waals surface area contributed by atoms with Crippen molar-refractivity contribution in [3.05, 3.63) is 53.6 Å². The van der Waals surface area contributed by atoms with Crippen molar-refractivity contribution in [2.24, 2.45) is 5.73 Å². The van der Waals surface area contributed by atoms with Crippen molar-refractivity contribution in [2.75, 3.05) is 32.2 Å². The van der Waals surface area contributed by atoms with Gasteiger partial charge in [0.2, 0.25) is 11.8 Å². The maximum atomic E-state index is 12.4. The van der Waals surface area contributed by atoms with Crippen LogP contribution in [0.4, 0.5) is 5.69 Å². The quantitative estimate of drug-likeness (QED) is 0.265. The Kier molecular flexibility index (Phi) is 8.41. The maximum absolute atomic E-state index is 12.4. The van der Waals surface area contributed by atoms with Crippen LogP contribution < -0.4 is 25.4 Å². The van der Waals surface area contributed by atoms with Crippen LogP contribution in [-0.2, 0) is 21.3 Å². The van der Waals surface area contributed by atoms with E-state index in [0.717, 1.165) is 10.5 Å². The van der Waals surface area contributed by atoms with Crippen LogP contribution in [0.15, 0.2) is 42.5 Å². The minimum Gasteiger partial charge on any atom is -0.493 e. The summed E-state index contributed by atoms with van der Waals surface area (Å²) >= 11 is 0. The molecule has 0 aliphatic heterocycles. The Morgan fingerprint density at radius 3 is 2.41 bits per heavy atom. The van der Waals surface area contributed by atoms with E-state index in [2.05, 4.69) is 5.32 Å². The number of hydrogen-bond acceptors (Lipinski definition) is 8. The van der Waals surface area contributed by atoms with Gasteiger partial charge in [-0.25, -0.2) is 0 Å². The fraction of sp³-hybridized carbons (Fsp3) is 0.300. The van der Waals surface area contributed by atoms with Crippen molar-refractivity contribution in [2.45, 2.75) is 12.0 Å². The number of benzene rings is 2. The summed E-state index contributed by atoms with van der Waals surface area (Å²) < 4.78 is 42.6. The lowest BCUT2D eigenvalue weighted by atomic mass is 10.1. The van der Waals surface area contributed by atoms with Gasteiger partial charge in [-0.05, 0) is 42.3 Å². The van der Waals surface area contributed by atoms with Crippen LogP contribution in [0.2, 0.25) is 0 Å². The number of methoxy groups -OCH3 is 2. The molecule has 0 fully saturated rings. The highest BCUT2D eigenvalue weighted by molar-refractivity contribution is 7.86. The molecule has 174 valence electrons. The molecule has 2 rings (SSSR count). The molecule has 11 nitrogen and oxygen atoms in total. The molecule has 0 saturated heterocycles.